The molecule has 1 aromatic heterocycles. The Kier molecular flexibility index (Phi) is 5.86. The third-order valence-corrected chi connectivity index (χ3v) is 6.49. The van der Waals surface area contributed by atoms with Gasteiger partial charge < -0.3 is 0 Å². The summed E-state index contributed by atoms with van der Waals surface area (Å²) in [5, 5.41) is 11.1. The van der Waals surface area contributed by atoms with Gasteiger partial charge in [-0.1, -0.05) is 19.1 Å². The Hall–Kier alpha value is -2.92. The second kappa shape index (κ2) is 8.07. The Morgan fingerprint density at radius 1 is 1.23 bits per heavy atom. The van der Waals surface area contributed by atoms with Gasteiger partial charge in [0.1, 0.15) is 5.82 Å². The van der Waals surface area contributed by atoms with E-state index >= 15 is 0 Å². The maximum atomic E-state index is 13.6. The van der Waals surface area contributed by atoms with E-state index in [-0.39, 0.29) is 28.5 Å². The van der Waals surface area contributed by atoms with Crippen LogP contribution in [0, 0.1) is 24.0 Å². The van der Waals surface area contributed by atoms with Gasteiger partial charge in [0, 0.05) is 24.6 Å². The quantitative estimate of drug-likeness (QED) is 0.443. The monoisotopic (exact) mass is 438 g/mol. The summed E-state index contributed by atoms with van der Waals surface area (Å²) in [6, 6.07) is 8.70. The van der Waals surface area contributed by atoms with Crippen molar-refractivity contribution in [2.75, 3.05) is 6.54 Å². The van der Waals surface area contributed by atoms with Gasteiger partial charge in [-0.2, -0.15) is 8.78 Å². The molecule has 0 spiro atoms. The highest BCUT2D eigenvalue weighted by Crippen LogP contribution is 2.28. The Morgan fingerprint density at radius 3 is 2.53 bits per heavy atom. The summed E-state index contributed by atoms with van der Waals surface area (Å²) in [4.78, 5) is 14.4. The van der Waals surface area contributed by atoms with Crippen LogP contribution in [-0.4, -0.2) is 29.4 Å². The number of aryl methyl sites for hydroxylation is 1. The molecule has 0 radical (unpaired) electrons. The number of rotatable bonds is 7. The number of sulfonamides is 1. The zero-order valence-electron chi connectivity index (χ0n) is 16.5. The molecular weight excluding hydrogens is 418 g/mol. The molecule has 1 atom stereocenters. The van der Waals surface area contributed by atoms with E-state index < -0.39 is 27.4 Å². The predicted octanol–water partition coefficient (Wildman–Crippen LogP) is 4.04. The van der Waals surface area contributed by atoms with E-state index in [1.54, 1.807) is 39.0 Å². The fraction of sp³-hybridized carbons (Fsp3) is 0.316. The fourth-order valence-corrected chi connectivity index (χ4v) is 4.68. The number of aromatic nitrogens is 2. The van der Waals surface area contributed by atoms with Gasteiger partial charge in [-0.25, -0.2) is 18.1 Å². The molecular formula is C19H20F2N4O4S. The standard InChI is InChI=1S/C19H20F2N4O4S/c1-11-8-14(25(26)27)9-17(13(11)3)30(28,29)22-10-12(2)18-23-15-6-4-5-7-16(15)24(18)19(20)21/h4-9,12,19,22H,10H2,1-3H3. The van der Waals surface area contributed by atoms with E-state index in [2.05, 4.69) is 9.71 Å². The maximum absolute atomic E-state index is 13.6. The van der Waals surface area contributed by atoms with E-state index in [9.17, 15) is 27.3 Å². The molecule has 1 heterocycles. The van der Waals surface area contributed by atoms with Crippen molar-refractivity contribution in [3.05, 3.63) is 63.5 Å². The Bertz CT molecular complexity index is 1220. The molecule has 3 rings (SSSR count). The van der Waals surface area contributed by atoms with Gasteiger partial charge in [0.05, 0.1) is 20.9 Å². The number of imidazole rings is 1. The number of hydrogen-bond acceptors (Lipinski definition) is 5. The largest absolute Gasteiger partial charge is 0.320 e. The second-order valence-electron chi connectivity index (χ2n) is 7.00. The minimum absolute atomic E-state index is 0.0424. The molecule has 1 unspecified atom stereocenters. The average molecular weight is 438 g/mol. The minimum Gasteiger partial charge on any atom is -0.270 e. The van der Waals surface area contributed by atoms with Crippen LogP contribution < -0.4 is 4.72 Å². The summed E-state index contributed by atoms with van der Waals surface area (Å²) in [6.07, 6.45) is 0. The third kappa shape index (κ3) is 4.03. The van der Waals surface area contributed by atoms with Crippen molar-refractivity contribution in [1.82, 2.24) is 14.3 Å². The molecule has 0 fully saturated rings. The lowest BCUT2D eigenvalue weighted by molar-refractivity contribution is -0.385. The van der Waals surface area contributed by atoms with Crippen LogP contribution in [0.15, 0.2) is 41.3 Å². The number of alkyl halides is 2. The van der Waals surface area contributed by atoms with Crippen LogP contribution in [0.25, 0.3) is 11.0 Å². The summed E-state index contributed by atoms with van der Waals surface area (Å²) in [6.45, 7) is 1.66. The average Bonchev–Trinajstić information content (AvgIpc) is 3.07. The van der Waals surface area contributed by atoms with E-state index in [1.807, 2.05) is 0 Å². The highest BCUT2D eigenvalue weighted by atomic mass is 32.2. The van der Waals surface area contributed by atoms with Crippen molar-refractivity contribution in [3.63, 3.8) is 0 Å². The highest BCUT2D eigenvalue weighted by molar-refractivity contribution is 7.89. The lowest BCUT2D eigenvalue weighted by Gasteiger charge is -2.16. The van der Waals surface area contributed by atoms with Crippen LogP contribution in [0.5, 0.6) is 0 Å². The van der Waals surface area contributed by atoms with Crippen molar-refractivity contribution in [1.29, 1.82) is 0 Å². The predicted molar refractivity (Wildman–Crippen MR) is 107 cm³/mol. The number of nitrogens with one attached hydrogen (secondary N) is 1. The zero-order chi connectivity index (χ0) is 22.2. The van der Waals surface area contributed by atoms with E-state index in [0.29, 0.717) is 16.6 Å². The van der Waals surface area contributed by atoms with Gasteiger partial charge in [-0.15, -0.1) is 0 Å². The first kappa shape index (κ1) is 21.8. The summed E-state index contributed by atoms with van der Waals surface area (Å²) < 4.78 is 56.0. The first-order valence-electron chi connectivity index (χ1n) is 9.03. The fourth-order valence-electron chi connectivity index (χ4n) is 3.21. The van der Waals surface area contributed by atoms with Gasteiger partial charge >= 0.3 is 6.55 Å². The Labute approximate surface area is 171 Å². The number of para-hydroxylation sites is 2. The van der Waals surface area contributed by atoms with Crippen LogP contribution in [-0.2, 0) is 10.0 Å². The SMILES string of the molecule is Cc1cc([N+](=O)[O-])cc(S(=O)(=O)NCC(C)c2nc3ccccc3n2C(F)F)c1C. The van der Waals surface area contributed by atoms with Gasteiger partial charge in [-0.05, 0) is 37.1 Å². The van der Waals surface area contributed by atoms with Crippen LogP contribution in [0.3, 0.4) is 0 Å². The van der Waals surface area contributed by atoms with Gasteiger partial charge in [0.2, 0.25) is 10.0 Å². The smallest absolute Gasteiger partial charge is 0.270 e. The lowest BCUT2D eigenvalue weighted by Crippen LogP contribution is -2.29. The van der Waals surface area contributed by atoms with Gasteiger partial charge in [0.15, 0.2) is 0 Å². The summed E-state index contributed by atoms with van der Waals surface area (Å²) in [5.74, 6) is -0.637. The van der Waals surface area contributed by atoms with Crippen LogP contribution in [0.4, 0.5) is 14.5 Å². The number of hydrogen-bond donors (Lipinski definition) is 1. The van der Waals surface area contributed by atoms with Crippen molar-refractivity contribution < 1.29 is 22.1 Å². The molecule has 30 heavy (non-hydrogen) atoms. The molecule has 160 valence electrons. The lowest BCUT2D eigenvalue weighted by atomic mass is 10.1. The number of halogens is 2. The highest BCUT2D eigenvalue weighted by Gasteiger charge is 2.26. The number of non-ortho nitro benzene ring substituents is 1. The molecule has 11 heteroatoms. The van der Waals surface area contributed by atoms with Crippen molar-refractivity contribution in [3.8, 4) is 0 Å². The van der Waals surface area contributed by atoms with Crippen LogP contribution in [0.1, 0.15) is 36.3 Å². The maximum Gasteiger partial charge on any atom is 0.320 e. The van der Waals surface area contributed by atoms with Crippen LogP contribution in [0.2, 0.25) is 0 Å². The van der Waals surface area contributed by atoms with Crippen LogP contribution >= 0.6 is 0 Å². The first-order valence-corrected chi connectivity index (χ1v) is 10.5. The molecule has 0 aliphatic heterocycles. The zero-order valence-corrected chi connectivity index (χ0v) is 17.3. The Morgan fingerprint density at radius 2 is 1.90 bits per heavy atom. The van der Waals surface area contributed by atoms with Gasteiger partial charge in [0.25, 0.3) is 5.69 Å². The first-order chi connectivity index (χ1) is 14.0. The molecule has 2 aromatic carbocycles. The number of benzene rings is 2. The molecule has 1 N–H and O–H groups in total. The summed E-state index contributed by atoms with van der Waals surface area (Å²) in [5.41, 5.74) is 1.12. The minimum atomic E-state index is -4.11. The Balaban J connectivity index is 1.91. The molecule has 3 aromatic rings. The molecule has 0 saturated carbocycles. The third-order valence-electron chi connectivity index (χ3n) is 4.94. The number of nitrogens with zero attached hydrogens (tertiary/aromatic N) is 3. The molecule has 8 nitrogen and oxygen atoms in total. The number of fused-ring (bicyclic) bond motifs is 1. The number of nitro benzene ring substituents is 1. The molecule has 0 aliphatic carbocycles. The molecule has 0 bridgehead atoms. The van der Waals surface area contributed by atoms with E-state index in [4.69, 9.17) is 0 Å². The van der Waals surface area contributed by atoms with Crippen molar-refractivity contribution >= 4 is 26.7 Å². The second-order valence-corrected chi connectivity index (χ2v) is 8.74. The molecule has 0 aliphatic rings. The van der Waals surface area contributed by atoms with E-state index in [0.717, 1.165) is 10.6 Å². The summed E-state index contributed by atoms with van der Waals surface area (Å²) in [7, 11) is -4.11. The van der Waals surface area contributed by atoms with E-state index in [1.165, 1.54) is 12.1 Å². The molecule has 0 amide bonds. The van der Waals surface area contributed by atoms with Gasteiger partial charge in [-0.3, -0.25) is 14.7 Å². The molecule has 0 saturated heterocycles. The normalized spacial score (nSPS) is 13.1. The van der Waals surface area contributed by atoms with Crippen molar-refractivity contribution in [2.24, 2.45) is 0 Å². The van der Waals surface area contributed by atoms with Crippen molar-refractivity contribution in [2.45, 2.75) is 38.1 Å². The summed E-state index contributed by atoms with van der Waals surface area (Å²) >= 11 is 0. The topological polar surface area (TPSA) is 107 Å². The number of nitro groups is 1.